The number of hydrogen-bond donors (Lipinski definition) is 1. The van der Waals surface area contributed by atoms with Crippen molar-refractivity contribution >= 4 is 6.03 Å². The molecule has 26 heavy (non-hydrogen) atoms. The highest BCUT2D eigenvalue weighted by Gasteiger charge is 2.28. The fraction of sp³-hybridized carbons (Fsp3) is 0.700. The van der Waals surface area contributed by atoms with Crippen LogP contribution in [0.4, 0.5) is 4.79 Å². The van der Waals surface area contributed by atoms with Gasteiger partial charge in [-0.2, -0.15) is 0 Å². The Kier molecular flexibility index (Phi) is 5.70. The predicted molar refractivity (Wildman–Crippen MR) is 104 cm³/mol. The first-order valence-electron chi connectivity index (χ1n) is 9.81. The van der Waals surface area contributed by atoms with E-state index in [4.69, 9.17) is 4.98 Å². The maximum absolute atomic E-state index is 12.7. The molecule has 0 unspecified atom stereocenters. The molecule has 0 saturated carbocycles. The number of carbonyl (C=O) groups is 1. The van der Waals surface area contributed by atoms with Crippen LogP contribution < -0.4 is 5.32 Å². The SMILES string of the molecule is C=C(C)CN1CCC(NC(=O)N2CCc3c(nc(C(C)C)n3C)C2)CC1. The van der Waals surface area contributed by atoms with Crippen LogP contribution in [0.5, 0.6) is 0 Å². The van der Waals surface area contributed by atoms with Gasteiger partial charge in [0.25, 0.3) is 0 Å². The average Bonchev–Trinajstić information content (AvgIpc) is 2.93. The maximum Gasteiger partial charge on any atom is 0.317 e. The van der Waals surface area contributed by atoms with E-state index in [0.717, 1.165) is 57.0 Å². The summed E-state index contributed by atoms with van der Waals surface area (Å²) >= 11 is 0. The number of nitrogens with one attached hydrogen (secondary N) is 1. The van der Waals surface area contributed by atoms with Crippen LogP contribution in [-0.2, 0) is 20.0 Å². The van der Waals surface area contributed by atoms with Crippen molar-refractivity contribution in [3.63, 3.8) is 0 Å². The summed E-state index contributed by atoms with van der Waals surface area (Å²) in [7, 11) is 2.09. The summed E-state index contributed by atoms with van der Waals surface area (Å²) in [6, 6.07) is 0.339. The fourth-order valence-corrected chi connectivity index (χ4v) is 4.12. The minimum Gasteiger partial charge on any atom is -0.335 e. The Balaban J connectivity index is 1.54. The highest BCUT2D eigenvalue weighted by molar-refractivity contribution is 5.74. The van der Waals surface area contributed by atoms with Crippen molar-refractivity contribution in [2.24, 2.45) is 7.05 Å². The quantitative estimate of drug-likeness (QED) is 0.841. The Hall–Kier alpha value is -1.82. The van der Waals surface area contributed by atoms with E-state index in [-0.39, 0.29) is 12.1 Å². The lowest BCUT2D eigenvalue weighted by Crippen LogP contribution is -2.50. The third-order valence-electron chi connectivity index (χ3n) is 5.50. The Labute approximate surface area is 157 Å². The highest BCUT2D eigenvalue weighted by Crippen LogP contribution is 2.23. The molecule has 6 nitrogen and oxygen atoms in total. The van der Waals surface area contributed by atoms with Gasteiger partial charge in [-0.25, -0.2) is 9.78 Å². The molecule has 1 saturated heterocycles. The van der Waals surface area contributed by atoms with Gasteiger partial charge in [0.1, 0.15) is 5.82 Å². The molecule has 0 aliphatic carbocycles. The number of carbonyl (C=O) groups excluding carboxylic acids is 1. The largest absolute Gasteiger partial charge is 0.335 e. The van der Waals surface area contributed by atoms with Crippen molar-refractivity contribution in [2.75, 3.05) is 26.2 Å². The summed E-state index contributed by atoms with van der Waals surface area (Å²) in [6.45, 7) is 14.8. The summed E-state index contributed by atoms with van der Waals surface area (Å²) in [5.41, 5.74) is 3.55. The van der Waals surface area contributed by atoms with Crippen molar-refractivity contribution in [2.45, 2.75) is 58.5 Å². The van der Waals surface area contributed by atoms with Crippen LogP contribution in [0, 0.1) is 0 Å². The molecule has 0 radical (unpaired) electrons. The van der Waals surface area contributed by atoms with Gasteiger partial charge in [-0.3, -0.25) is 4.90 Å². The van der Waals surface area contributed by atoms with Crippen molar-refractivity contribution in [1.29, 1.82) is 0 Å². The summed E-state index contributed by atoms with van der Waals surface area (Å²) in [6.07, 6.45) is 2.91. The molecular weight excluding hydrogens is 326 g/mol. The van der Waals surface area contributed by atoms with Gasteiger partial charge >= 0.3 is 6.03 Å². The minimum atomic E-state index is 0.0609. The van der Waals surface area contributed by atoms with Crippen LogP contribution >= 0.6 is 0 Å². The van der Waals surface area contributed by atoms with E-state index in [1.807, 2.05) is 4.90 Å². The Bertz CT molecular complexity index is 670. The number of rotatable bonds is 4. The smallest absolute Gasteiger partial charge is 0.317 e. The maximum atomic E-state index is 12.7. The number of piperidine rings is 1. The third-order valence-corrected chi connectivity index (χ3v) is 5.50. The van der Waals surface area contributed by atoms with Crippen molar-refractivity contribution in [1.82, 2.24) is 24.7 Å². The standard InChI is InChI=1S/C20H33N5O/c1-14(2)12-24-9-6-16(7-10-24)21-20(26)25-11-8-18-17(13-25)22-19(15(3)4)23(18)5/h15-16H,1,6-13H2,2-5H3,(H,21,26). The molecule has 1 aromatic rings. The number of hydrogen-bond acceptors (Lipinski definition) is 3. The molecule has 1 fully saturated rings. The Morgan fingerprint density at radius 1 is 1.31 bits per heavy atom. The van der Waals surface area contributed by atoms with Crippen molar-refractivity contribution in [3.8, 4) is 0 Å². The zero-order valence-corrected chi connectivity index (χ0v) is 16.7. The molecule has 0 aromatic carbocycles. The summed E-state index contributed by atoms with van der Waals surface area (Å²) in [5.74, 6) is 1.51. The Morgan fingerprint density at radius 3 is 2.62 bits per heavy atom. The average molecular weight is 360 g/mol. The first kappa shape index (κ1) is 19.0. The summed E-state index contributed by atoms with van der Waals surface area (Å²) in [5, 5.41) is 3.24. The van der Waals surface area contributed by atoms with E-state index in [1.54, 1.807) is 0 Å². The molecule has 3 heterocycles. The van der Waals surface area contributed by atoms with E-state index in [0.29, 0.717) is 12.5 Å². The molecule has 0 spiro atoms. The van der Waals surface area contributed by atoms with Crippen LogP contribution in [0.25, 0.3) is 0 Å². The molecule has 1 aromatic heterocycles. The second-order valence-electron chi connectivity index (χ2n) is 8.21. The molecule has 3 rings (SSSR count). The molecular formula is C20H33N5O. The molecule has 2 amide bonds. The van der Waals surface area contributed by atoms with Gasteiger partial charge < -0.3 is 14.8 Å². The molecule has 0 bridgehead atoms. The van der Waals surface area contributed by atoms with E-state index in [9.17, 15) is 4.79 Å². The molecule has 1 N–H and O–H groups in total. The van der Waals surface area contributed by atoms with E-state index < -0.39 is 0 Å². The van der Waals surface area contributed by atoms with Crippen LogP contribution in [0.2, 0.25) is 0 Å². The predicted octanol–water partition coefficient (Wildman–Crippen LogP) is 2.65. The second kappa shape index (κ2) is 7.82. The summed E-state index contributed by atoms with van der Waals surface area (Å²) in [4.78, 5) is 21.8. The van der Waals surface area contributed by atoms with Gasteiger partial charge in [-0.05, 0) is 19.8 Å². The minimum absolute atomic E-state index is 0.0609. The normalized spacial score (nSPS) is 18.9. The molecule has 2 aliphatic heterocycles. The van der Waals surface area contributed by atoms with Crippen molar-refractivity contribution < 1.29 is 4.79 Å². The number of urea groups is 1. The van der Waals surface area contributed by atoms with Crippen LogP contribution in [-0.4, -0.2) is 57.6 Å². The van der Waals surface area contributed by atoms with Gasteiger partial charge in [-0.15, -0.1) is 0 Å². The number of likely N-dealkylation sites (tertiary alicyclic amines) is 1. The van der Waals surface area contributed by atoms with Gasteiger partial charge in [0, 0.05) is 57.3 Å². The number of amides is 2. The molecule has 2 aliphatic rings. The first-order valence-corrected chi connectivity index (χ1v) is 9.81. The number of aromatic nitrogens is 2. The van der Waals surface area contributed by atoms with Gasteiger partial charge in [-0.1, -0.05) is 26.0 Å². The highest BCUT2D eigenvalue weighted by atomic mass is 16.2. The lowest BCUT2D eigenvalue weighted by molar-refractivity contribution is 0.171. The topological polar surface area (TPSA) is 53.4 Å². The van der Waals surface area contributed by atoms with Gasteiger partial charge in [0.2, 0.25) is 0 Å². The van der Waals surface area contributed by atoms with Gasteiger partial charge in [0.05, 0.1) is 12.2 Å². The first-order chi connectivity index (χ1) is 12.3. The lowest BCUT2D eigenvalue weighted by atomic mass is 10.0. The van der Waals surface area contributed by atoms with Gasteiger partial charge in [0.15, 0.2) is 0 Å². The summed E-state index contributed by atoms with van der Waals surface area (Å²) < 4.78 is 2.21. The number of imidazole rings is 1. The van der Waals surface area contributed by atoms with E-state index in [2.05, 4.69) is 49.2 Å². The zero-order valence-electron chi connectivity index (χ0n) is 16.7. The molecule has 144 valence electrons. The van der Waals surface area contributed by atoms with Crippen LogP contribution in [0.1, 0.15) is 56.7 Å². The lowest BCUT2D eigenvalue weighted by Gasteiger charge is -2.34. The monoisotopic (exact) mass is 359 g/mol. The van der Waals surface area contributed by atoms with E-state index >= 15 is 0 Å². The number of nitrogens with zero attached hydrogens (tertiary/aromatic N) is 4. The van der Waals surface area contributed by atoms with Crippen LogP contribution in [0.3, 0.4) is 0 Å². The number of fused-ring (bicyclic) bond motifs is 1. The Morgan fingerprint density at radius 2 is 2.00 bits per heavy atom. The van der Waals surface area contributed by atoms with Crippen LogP contribution in [0.15, 0.2) is 12.2 Å². The molecule has 6 heteroatoms. The third kappa shape index (κ3) is 4.11. The molecule has 0 atom stereocenters. The second-order valence-corrected chi connectivity index (χ2v) is 8.21. The van der Waals surface area contributed by atoms with E-state index in [1.165, 1.54) is 11.3 Å². The van der Waals surface area contributed by atoms with Crippen molar-refractivity contribution in [3.05, 3.63) is 29.4 Å². The fourth-order valence-electron chi connectivity index (χ4n) is 4.12. The zero-order chi connectivity index (χ0) is 18.8.